The van der Waals surface area contributed by atoms with Crippen molar-refractivity contribution >= 4 is 29.1 Å². The molecule has 1 aromatic heterocycles. The molecule has 3 heterocycles. The smallest absolute Gasteiger partial charge is 0.328 e. The zero-order chi connectivity index (χ0) is 24.4. The molecule has 3 aromatic rings. The maximum atomic E-state index is 12.0. The van der Waals surface area contributed by atoms with Gasteiger partial charge in [0.05, 0.1) is 11.4 Å². The standard InChI is InChI=1S/C25H27N7O3/c26-24-21(15-20(28-29-24)19-3-1-2-4-22(19)33)31-13-11-30(12-14-31)16-17-5-7-18(8-6-17)32-10-9-23(34)27-25(32)35/h1-8,15,33H,9-14,16H2,(H2,26,29)(H,27,34,35). The third kappa shape index (κ3) is 4.87. The normalized spacial score (nSPS) is 16.9. The molecule has 0 radical (unpaired) electrons. The SMILES string of the molecule is Nc1nnc(-c2ccccc2O)cc1N1CCN(Cc2ccc(N3CCC(=O)NC3=O)cc2)CC1. The summed E-state index contributed by atoms with van der Waals surface area (Å²) in [5, 5.41) is 20.8. The minimum atomic E-state index is -0.374. The molecule has 2 fully saturated rings. The van der Waals surface area contributed by atoms with Crippen molar-refractivity contribution < 1.29 is 14.7 Å². The third-order valence-electron chi connectivity index (χ3n) is 6.40. The molecule has 5 rings (SSSR count). The number of nitrogen functional groups attached to an aromatic ring is 1. The first-order valence-corrected chi connectivity index (χ1v) is 11.6. The molecule has 10 heteroatoms. The Balaban J connectivity index is 1.20. The molecular formula is C25H27N7O3. The summed E-state index contributed by atoms with van der Waals surface area (Å²) in [7, 11) is 0. The van der Waals surface area contributed by atoms with E-state index in [-0.39, 0.29) is 17.7 Å². The molecule has 2 aliphatic rings. The number of phenolic OH excluding ortho intramolecular Hbond substituents is 1. The highest BCUT2D eigenvalue weighted by molar-refractivity contribution is 6.05. The molecule has 0 atom stereocenters. The maximum Gasteiger partial charge on any atom is 0.328 e. The maximum absolute atomic E-state index is 12.0. The number of nitrogens with one attached hydrogen (secondary N) is 1. The van der Waals surface area contributed by atoms with Crippen LogP contribution in [-0.2, 0) is 11.3 Å². The van der Waals surface area contributed by atoms with Crippen LogP contribution in [0.25, 0.3) is 11.3 Å². The van der Waals surface area contributed by atoms with Crippen molar-refractivity contribution in [1.82, 2.24) is 20.4 Å². The van der Waals surface area contributed by atoms with E-state index in [4.69, 9.17) is 5.73 Å². The molecule has 35 heavy (non-hydrogen) atoms. The van der Waals surface area contributed by atoms with Crippen LogP contribution < -0.4 is 20.9 Å². The van der Waals surface area contributed by atoms with Gasteiger partial charge in [-0.05, 0) is 35.9 Å². The van der Waals surface area contributed by atoms with E-state index in [1.54, 1.807) is 23.1 Å². The lowest BCUT2D eigenvalue weighted by molar-refractivity contribution is -0.120. The Hall–Kier alpha value is -4.18. The van der Waals surface area contributed by atoms with Crippen LogP contribution in [0.1, 0.15) is 12.0 Å². The Morgan fingerprint density at radius 1 is 0.943 bits per heavy atom. The van der Waals surface area contributed by atoms with Gasteiger partial charge < -0.3 is 15.7 Å². The number of para-hydroxylation sites is 1. The zero-order valence-corrected chi connectivity index (χ0v) is 19.2. The Morgan fingerprint density at radius 2 is 1.69 bits per heavy atom. The average Bonchev–Trinajstić information content (AvgIpc) is 2.86. The number of piperazine rings is 1. The molecule has 0 bridgehead atoms. The first kappa shape index (κ1) is 22.6. The largest absolute Gasteiger partial charge is 0.507 e. The van der Waals surface area contributed by atoms with Crippen LogP contribution in [0.15, 0.2) is 54.6 Å². The summed E-state index contributed by atoms with van der Waals surface area (Å²) in [6.45, 7) is 4.47. The fourth-order valence-electron chi connectivity index (χ4n) is 4.46. The van der Waals surface area contributed by atoms with E-state index in [1.165, 1.54) is 0 Å². The van der Waals surface area contributed by atoms with Crippen LogP contribution in [0.3, 0.4) is 0 Å². The zero-order valence-electron chi connectivity index (χ0n) is 19.2. The van der Waals surface area contributed by atoms with Gasteiger partial charge in [0.2, 0.25) is 5.91 Å². The van der Waals surface area contributed by atoms with Crippen molar-refractivity contribution in [2.75, 3.05) is 48.3 Å². The van der Waals surface area contributed by atoms with E-state index >= 15 is 0 Å². The van der Waals surface area contributed by atoms with Crippen molar-refractivity contribution in [3.05, 3.63) is 60.2 Å². The van der Waals surface area contributed by atoms with Crippen LogP contribution in [0.2, 0.25) is 0 Å². The number of aromatic nitrogens is 2. The number of carbonyl (C=O) groups is 2. The highest BCUT2D eigenvalue weighted by atomic mass is 16.3. The molecule has 2 aliphatic heterocycles. The summed E-state index contributed by atoms with van der Waals surface area (Å²) in [6, 6.07) is 16.4. The molecular weight excluding hydrogens is 446 g/mol. The Kier molecular flexibility index (Phi) is 6.19. The van der Waals surface area contributed by atoms with Crippen LogP contribution in [0.5, 0.6) is 5.75 Å². The van der Waals surface area contributed by atoms with Crippen molar-refractivity contribution in [3.8, 4) is 17.0 Å². The van der Waals surface area contributed by atoms with Gasteiger partial charge in [0.25, 0.3) is 0 Å². The summed E-state index contributed by atoms with van der Waals surface area (Å²) < 4.78 is 0. The molecule has 0 unspecified atom stereocenters. The Labute approximate surface area is 203 Å². The van der Waals surface area contributed by atoms with Crippen LogP contribution in [-0.4, -0.2) is 64.9 Å². The highest BCUT2D eigenvalue weighted by Crippen LogP contribution is 2.31. The minimum Gasteiger partial charge on any atom is -0.507 e. The predicted molar refractivity (Wildman–Crippen MR) is 133 cm³/mol. The number of phenols is 1. The van der Waals surface area contributed by atoms with E-state index in [0.717, 1.165) is 49.7 Å². The van der Waals surface area contributed by atoms with Gasteiger partial charge in [-0.3, -0.25) is 19.9 Å². The van der Waals surface area contributed by atoms with Gasteiger partial charge in [-0.1, -0.05) is 24.3 Å². The van der Waals surface area contributed by atoms with E-state index in [2.05, 4.69) is 25.3 Å². The van der Waals surface area contributed by atoms with E-state index in [1.807, 2.05) is 36.4 Å². The van der Waals surface area contributed by atoms with Gasteiger partial charge in [0.1, 0.15) is 5.75 Å². The number of nitrogens with zero attached hydrogens (tertiary/aromatic N) is 5. The Bertz CT molecular complexity index is 1240. The number of benzene rings is 2. The highest BCUT2D eigenvalue weighted by Gasteiger charge is 2.24. The lowest BCUT2D eigenvalue weighted by Gasteiger charge is -2.36. The van der Waals surface area contributed by atoms with E-state index < -0.39 is 0 Å². The second kappa shape index (κ2) is 9.59. The fourth-order valence-corrected chi connectivity index (χ4v) is 4.46. The minimum absolute atomic E-state index is 0.155. The van der Waals surface area contributed by atoms with Gasteiger partial charge in [0, 0.05) is 56.9 Å². The molecule has 10 nitrogen and oxygen atoms in total. The number of amides is 3. The Morgan fingerprint density at radius 3 is 2.40 bits per heavy atom. The van der Waals surface area contributed by atoms with Crippen LogP contribution in [0, 0.1) is 0 Å². The molecule has 4 N–H and O–H groups in total. The van der Waals surface area contributed by atoms with Gasteiger partial charge in [-0.25, -0.2) is 4.79 Å². The lowest BCUT2D eigenvalue weighted by Crippen LogP contribution is -2.49. The summed E-state index contributed by atoms with van der Waals surface area (Å²) in [4.78, 5) is 29.6. The first-order chi connectivity index (χ1) is 17.0. The number of aromatic hydroxyl groups is 1. The number of imide groups is 1. The van der Waals surface area contributed by atoms with Crippen molar-refractivity contribution in [3.63, 3.8) is 0 Å². The van der Waals surface area contributed by atoms with Crippen molar-refractivity contribution in [1.29, 1.82) is 0 Å². The summed E-state index contributed by atoms with van der Waals surface area (Å²) in [5.41, 5.74) is 10.1. The third-order valence-corrected chi connectivity index (χ3v) is 6.40. The molecule has 0 saturated carbocycles. The van der Waals surface area contributed by atoms with Crippen LogP contribution in [0.4, 0.5) is 22.0 Å². The van der Waals surface area contributed by atoms with Gasteiger partial charge >= 0.3 is 6.03 Å². The lowest BCUT2D eigenvalue weighted by atomic mass is 10.1. The number of carbonyl (C=O) groups excluding carboxylic acids is 2. The summed E-state index contributed by atoms with van der Waals surface area (Å²) in [5.74, 6) is 0.292. The quantitative estimate of drug-likeness (QED) is 0.515. The number of nitrogens with two attached hydrogens (primary N) is 1. The monoisotopic (exact) mass is 473 g/mol. The van der Waals surface area contributed by atoms with Crippen LogP contribution >= 0.6 is 0 Å². The summed E-state index contributed by atoms with van der Waals surface area (Å²) in [6.07, 6.45) is 0.309. The number of anilines is 3. The number of hydrogen-bond donors (Lipinski definition) is 3. The fraction of sp³-hybridized carbons (Fsp3) is 0.280. The first-order valence-electron chi connectivity index (χ1n) is 11.6. The van der Waals surface area contributed by atoms with Crippen molar-refractivity contribution in [2.24, 2.45) is 0 Å². The second-order valence-electron chi connectivity index (χ2n) is 8.70. The van der Waals surface area contributed by atoms with E-state index in [0.29, 0.717) is 30.0 Å². The summed E-state index contributed by atoms with van der Waals surface area (Å²) >= 11 is 0. The number of urea groups is 1. The van der Waals surface area contributed by atoms with Gasteiger partial charge in [0.15, 0.2) is 5.82 Å². The molecule has 0 aliphatic carbocycles. The van der Waals surface area contributed by atoms with Gasteiger partial charge in [-0.15, -0.1) is 10.2 Å². The molecule has 3 amide bonds. The van der Waals surface area contributed by atoms with Crippen molar-refractivity contribution in [2.45, 2.75) is 13.0 Å². The molecule has 2 saturated heterocycles. The molecule has 180 valence electrons. The van der Waals surface area contributed by atoms with Gasteiger partial charge in [-0.2, -0.15) is 0 Å². The number of hydrogen-bond acceptors (Lipinski definition) is 8. The van der Waals surface area contributed by atoms with E-state index in [9.17, 15) is 14.7 Å². The average molecular weight is 474 g/mol. The topological polar surface area (TPSA) is 128 Å². The molecule has 2 aromatic carbocycles. The number of rotatable bonds is 5. The second-order valence-corrected chi connectivity index (χ2v) is 8.70. The predicted octanol–water partition coefficient (Wildman–Crippen LogP) is 2.20. The molecule has 0 spiro atoms.